The van der Waals surface area contributed by atoms with E-state index in [4.69, 9.17) is 4.74 Å². The Morgan fingerprint density at radius 2 is 1.76 bits per heavy atom. The number of alkyl halides is 3. The van der Waals surface area contributed by atoms with E-state index in [0.29, 0.717) is 17.8 Å². The quantitative estimate of drug-likeness (QED) is 0.602. The zero-order valence-corrected chi connectivity index (χ0v) is 19.6. The molecule has 2 fully saturated rings. The van der Waals surface area contributed by atoms with Crippen LogP contribution in [0.1, 0.15) is 55.5 Å². The summed E-state index contributed by atoms with van der Waals surface area (Å²) >= 11 is 0. The number of piperidine rings is 1. The smallest absolute Gasteiger partial charge is 0.375 e. The van der Waals surface area contributed by atoms with Gasteiger partial charge in [0.15, 0.2) is 0 Å². The van der Waals surface area contributed by atoms with E-state index in [9.17, 15) is 18.0 Å². The lowest BCUT2D eigenvalue weighted by Gasteiger charge is -2.40. The molecule has 34 heavy (non-hydrogen) atoms. The van der Waals surface area contributed by atoms with Crippen LogP contribution in [0, 0.1) is 0 Å². The van der Waals surface area contributed by atoms with Gasteiger partial charge in [-0.05, 0) is 75.9 Å². The monoisotopic (exact) mass is 475 g/mol. The summed E-state index contributed by atoms with van der Waals surface area (Å²) in [5, 5.41) is 6.54. The Balaban J connectivity index is 1.33. The summed E-state index contributed by atoms with van der Waals surface area (Å²) in [5.41, 5.74) is 0.616. The van der Waals surface area contributed by atoms with Crippen molar-refractivity contribution in [1.29, 1.82) is 0 Å². The van der Waals surface area contributed by atoms with Crippen LogP contribution in [0.3, 0.4) is 0 Å². The van der Waals surface area contributed by atoms with E-state index in [-0.39, 0.29) is 11.2 Å². The number of halogens is 3. The number of rotatable bonds is 5. The zero-order valence-electron chi connectivity index (χ0n) is 19.6. The number of hydrogen-bond donors (Lipinski definition) is 2. The summed E-state index contributed by atoms with van der Waals surface area (Å²) in [4.78, 5) is 14.8. The molecule has 1 atom stereocenters. The van der Waals surface area contributed by atoms with Gasteiger partial charge in [0.1, 0.15) is 0 Å². The van der Waals surface area contributed by atoms with E-state index in [0.717, 1.165) is 63.2 Å². The molecule has 0 saturated carbocycles. The Labute approximate surface area is 198 Å². The number of carbonyl (C=O) groups excluding carboxylic acids is 1. The van der Waals surface area contributed by atoms with Crippen molar-refractivity contribution in [2.45, 2.75) is 63.4 Å². The fourth-order valence-corrected chi connectivity index (χ4v) is 4.83. The van der Waals surface area contributed by atoms with Gasteiger partial charge in [0, 0.05) is 48.7 Å². The van der Waals surface area contributed by atoms with Gasteiger partial charge in [-0.1, -0.05) is 12.1 Å². The number of amides is 1. The second-order valence-electron chi connectivity index (χ2n) is 9.81. The predicted octanol–water partition coefficient (Wildman–Crippen LogP) is 5.47. The van der Waals surface area contributed by atoms with Crippen LogP contribution < -0.4 is 15.5 Å². The molecule has 0 unspecified atom stereocenters. The lowest BCUT2D eigenvalue weighted by atomic mass is 9.92. The van der Waals surface area contributed by atoms with Gasteiger partial charge in [-0.3, -0.25) is 4.79 Å². The van der Waals surface area contributed by atoms with E-state index in [2.05, 4.69) is 29.4 Å². The summed E-state index contributed by atoms with van der Waals surface area (Å²) in [7, 11) is 0. The maximum atomic E-state index is 13.0. The zero-order chi connectivity index (χ0) is 24.3. The van der Waals surface area contributed by atoms with Crippen LogP contribution in [0.25, 0.3) is 0 Å². The lowest BCUT2D eigenvalue weighted by molar-refractivity contribution is -0.137. The van der Waals surface area contributed by atoms with Crippen molar-refractivity contribution in [2.75, 3.05) is 29.9 Å². The molecule has 2 aliphatic rings. The second kappa shape index (κ2) is 9.96. The molecule has 2 N–H and O–H groups in total. The molecular weight excluding hydrogens is 443 g/mol. The Morgan fingerprint density at radius 3 is 2.47 bits per heavy atom. The molecule has 0 aliphatic carbocycles. The average Bonchev–Trinajstić information content (AvgIpc) is 2.79. The first kappa shape index (κ1) is 24.5. The first-order valence-corrected chi connectivity index (χ1v) is 11.8. The van der Waals surface area contributed by atoms with E-state index < -0.39 is 17.6 Å². The molecule has 2 aromatic carbocycles. The van der Waals surface area contributed by atoms with Crippen molar-refractivity contribution in [2.24, 2.45) is 0 Å². The van der Waals surface area contributed by atoms with Crippen molar-refractivity contribution < 1.29 is 22.7 Å². The minimum absolute atomic E-state index is 0.0246. The van der Waals surface area contributed by atoms with Gasteiger partial charge in [0.25, 0.3) is 5.91 Å². The van der Waals surface area contributed by atoms with E-state index in [1.54, 1.807) is 6.07 Å². The van der Waals surface area contributed by atoms with Gasteiger partial charge in [0.05, 0.1) is 11.2 Å². The first-order valence-electron chi connectivity index (χ1n) is 11.8. The fraction of sp³-hybridized carbons (Fsp3) is 0.500. The summed E-state index contributed by atoms with van der Waals surface area (Å²) in [6, 6.07) is 12.9. The standard InChI is InChI=1S/C26H32F3N3O2/c1-25(2)17-22(11-14-34-25)30-20-9-12-32(13-10-20)23-8-4-7-21(16-23)31-24(33)18-5-3-6-19(15-18)26(27,28)29/h3-8,15-16,20,22,30H,9-14,17H2,1-2H3,(H,31,33)/t22-/m0/s1. The first-order chi connectivity index (χ1) is 16.1. The molecular formula is C26H32F3N3O2. The minimum atomic E-state index is -4.49. The highest BCUT2D eigenvalue weighted by molar-refractivity contribution is 6.04. The molecule has 0 spiro atoms. The summed E-state index contributed by atoms with van der Waals surface area (Å²) in [6.07, 6.45) is -0.381. The third kappa shape index (κ3) is 6.30. The highest BCUT2D eigenvalue weighted by atomic mass is 19.4. The Hall–Kier alpha value is -2.58. The topological polar surface area (TPSA) is 53.6 Å². The Bertz CT molecular complexity index is 1000. The third-order valence-corrected chi connectivity index (χ3v) is 6.58. The van der Waals surface area contributed by atoms with Crippen LogP contribution in [0.15, 0.2) is 48.5 Å². The molecule has 0 radical (unpaired) electrons. The SMILES string of the molecule is CC1(C)C[C@@H](NC2CCN(c3cccc(NC(=O)c4cccc(C(F)(F)F)c4)c3)CC2)CCO1. The number of hydrogen-bond acceptors (Lipinski definition) is 4. The molecule has 1 amide bonds. The number of carbonyl (C=O) groups is 1. The van der Waals surface area contributed by atoms with Gasteiger partial charge < -0.3 is 20.3 Å². The molecule has 2 saturated heterocycles. The van der Waals surface area contributed by atoms with Crippen molar-refractivity contribution in [3.8, 4) is 0 Å². The van der Waals surface area contributed by atoms with E-state index in [1.165, 1.54) is 12.1 Å². The van der Waals surface area contributed by atoms with Gasteiger partial charge in [-0.2, -0.15) is 13.2 Å². The van der Waals surface area contributed by atoms with E-state index in [1.807, 2.05) is 18.2 Å². The van der Waals surface area contributed by atoms with Crippen LogP contribution in [0.2, 0.25) is 0 Å². The molecule has 2 heterocycles. The van der Waals surface area contributed by atoms with Crippen LogP contribution in [0.4, 0.5) is 24.5 Å². The summed E-state index contributed by atoms with van der Waals surface area (Å²) in [6.45, 7) is 6.87. The molecule has 2 aliphatic heterocycles. The lowest BCUT2D eigenvalue weighted by Crippen LogP contribution is -2.50. The van der Waals surface area contributed by atoms with Gasteiger partial charge >= 0.3 is 6.18 Å². The molecule has 0 aromatic heterocycles. The number of ether oxygens (including phenoxy) is 1. The molecule has 4 rings (SSSR count). The second-order valence-corrected chi connectivity index (χ2v) is 9.81. The highest BCUT2D eigenvalue weighted by Gasteiger charge is 2.32. The van der Waals surface area contributed by atoms with Gasteiger partial charge in [-0.15, -0.1) is 0 Å². The third-order valence-electron chi connectivity index (χ3n) is 6.58. The number of anilines is 2. The van der Waals surface area contributed by atoms with Gasteiger partial charge in [-0.25, -0.2) is 0 Å². The number of benzene rings is 2. The molecule has 2 aromatic rings. The van der Waals surface area contributed by atoms with Crippen LogP contribution in [-0.2, 0) is 10.9 Å². The largest absolute Gasteiger partial charge is 0.416 e. The Kier molecular flexibility index (Phi) is 7.19. The maximum Gasteiger partial charge on any atom is 0.416 e. The van der Waals surface area contributed by atoms with Gasteiger partial charge in [0.2, 0.25) is 0 Å². The summed E-state index contributed by atoms with van der Waals surface area (Å²) < 4.78 is 44.7. The normalized spacial score (nSPS) is 21.3. The minimum Gasteiger partial charge on any atom is -0.375 e. The fourth-order valence-electron chi connectivity index (χ4n) is 4.83. The molecule has 184 valence electrons. The molecule has 0 bridgehead atoms. The van der Waals surface area contributed by atoms with Crippen LogP contribution in [0.5, 0.6) is 0 Å². The number of nitrogens with zero attached hydrogens (tertiary/aromatic N) is 1. The van der Waals surface area contributed by atoms with Crippen molar-refractivity contribution in [3.63, 3.8) is 0 Å². The predicted molar refractivity (Wildman–Crippen MR) is 127 cm³/mol. The summed E-state index contributed by atoms with van der Waals surface area (Å²) in [5.74, 6) is -0.564. The van der Waals surface area contributed by atoms with Crippen LogP contribution in [-0.4, -0.2) is 43.3 Å². The number of nitrogens with one attached hydrogen (secondary N) is 2. The molecule has 5 nitrogen and oxygen atoms in total. The average molecular weight is 476 g/mol. The van der Waals surface area contributed by atoms with E-state index >= 15 is 0 Å². The van der Waals surface area contributed by atoms with Crippen molar-refractivity contribution in [3.05, 3.63) is 59.7 Å². The maximum absolute atomic E-state index is 13.0. The van der Waals surface area contributed by atoms with Crippen LogP contribution >= 0.6 is 0 Å². The van der Waals surface area contributed by atoms with Crippen molar-refractivity contribution in [1.82, 2.24) is 5.32 Å². The Morgan fingerprint density at radius 1 is 1.03 bits per heavy atom. The van der Waals surface area contributed by atoms with Crippen molar-refractivity contribution >= 4 is 17.3 Å². The highest BCUT2D eigenvalue weighted by Crippen LogP contribution is 2.30. The molecule has 8 heteroatoms.